The smallest absolute Gasteiger partial charge is 0.287 e. The van der Waals surface area contributed by atoms with Crippen molar-refractivity contribution in [2.75, 3.05) is 6.61 Å². The second-order valence-corrected chi connectivity index (χ2v) is 6.89. The molecule has 5 heteroatoms. The molecule has 4 nitrogen and oxygen atoms in total. The first kappa shape index (κ1) is 15.4. The predicted molar refractivity (Wildman–Crippen MR) is 95.0 cm³/mol. The third-order valence-corrected chi connectivity index (χ3v) is 5.20. The normalized spacial score (nSPS) is 19.4. The van der Waals surface area contributed by atoms with E-state index in [9.17, 15) is 9.90 Å². The van der Waals surface area contributed by atoms with Gasteiger partial charge >= 0.3 is 0 Å². The summed E-state index contributed by atoms with van der Waals surface area (Å²) in [5.41, 5.74) is 2.85. The van der Waals surface area contributed by atoms with Crippen LogP contribution in [-0.4, -0.2) is 17.6 Å². The maximum absolute atomic E-state index is 12.6. The van der Waals surface area contributed by atoms with Crippen LogP contribution in [0, 0.1) is 0 Å². The maximum Gasteiger partial charge on any atom is 0.287 e. The molecule has 2 unspecified atom stereocenters. The minimum Gasteiger partial charge on any atom is -0.450 e. The highest BCUT2D eigenvalue weighted by Crippen LogP contribution is 2.40. The number of rotatable bonds is 3. The summed E-state index contributed by atoms with van der Waals surface area (Å²) in [7, 11) is 0. The molecule has 2 aromatic carbocycles. The van der Waals surface area contributed by atoms with E-state index in [1.54, 1.807) is 6.07 Å². The fraction of sp³-hybridized carbons (Fsp3) is 0.211. The van der Waals surface area contributed by atoms with Crippen LogP contribution in [0.1, 0.15) is 40.1 Å². The van der Waals surface area contributed by atoms with Crippen LogP contribution in [0.15, 0.2) is 57.4 Å². The number of nitrogens with one attached hydrogen (secondary N) is 1. The monoisotopic (exact) mass is 385 g/mol. The van der Waals surface area contributed by atoms with Crippen LogP contribution in [0.25, 0.3) is 11.0 Å². The summed E-state index contributed by atoms with van der Waals surface area (Å²) in [6, 6.07) is 15.3. The fourth-order valence-corrected chi connectivity index (χ4v) is 3.88. The van der Waals surface area contributed by atoms with Gasteiger partial charge in [-0.1, -0.05) is 36.4 Å². The van der Waals surface area contributed by atoms with Crippen LogP contribution in [-0.2, 0) is 0 Å². The van der Waals surface area contributed by atoms with Crippen molar-refractivity contribution in [2.24, 2.45) is 0 Å². The van der Waals surface area contributed by atoms with Crippen LogP contribution in [0.5, 0.6) is 0 Å². The van der Waals surface area contributed by atoms with Crippen LogP contribution in [0.3, 0.4) is 0 Å². The molecule has 1 heterocycles. The third-order valence-electron chi connectivity index (χ3n) is 4.58. The van der Waals surface area contributed by atoms with E-state index in [0.717, 1.165) is 21.0 Å². The van der Waals surface area contributed by atoms with Gasteiger partial charge in [-0.2, -0.15) is 0 Å². The van der Waals surface area contributed by atoms with Crippen molar-refractivity contribution in [1.82, 2.24) is 5.32 Å². The molecular formula is C19H16BrNO3. The third kappa shape index (κ3) is 2.54. The molecule has 122 valence electrons. The molecule has 0 spiro atoms. The van der Waals surface area contributed by atoms with E-state index in [1.807, 2.05) is 42.5 Å². The molecule has 3 aromatic rings. The maximum atomic E-state index is 12.6. The standard InChI is InChI=1S/C19H16BrNO3/c20-15-7-3-4-11-9-17(24-18(11)15)19(23)21-16-8-12(10-22)13-5-1-2-6-14(13)16/h1-7,9,12,16,22H,8,10H2,(H,21,23). The average molecular weight is 386 g/mol. The summed E-state index contributed by atoms with van der Waals surface area (Å²) in [5.74, 6) is 0.120. The van der Waals surface area contributed by atoms with Gasteiger partial charge in [0.25, 0.3) is 5.91 Å². The number of fused-ring (bicyclic) bond motifs is 2. The van der Waals surface area contributed by atoms with E-state index in [0.29, 0.717) is 17.8 Å². The van der Waals surface area contributed by atoms with Gasteiger partial charge in [0.1, 0.15) is 5.58 Å². The van der Waals surface area contributed by atoms with Crippen molar-refractivity contribution in [3.8, 4) is 0 Å². The molecule has 2 N–H and O–H groups in total. The first-order valence-electron chi connectivity index (χ1n) is 7.86. The number of aliphatic hydroxyl groups is 1. The zero-order valence-corrected chi connectivity index (χ0v) is 14.4. The molecule has 1 aliphatic rings. The Morgan fingerprint density at radius 2 is 2.00 bits per heavy atom. The van der Waals surface area contributed by atoms with Gasteiger partial charge in [0.05, 0.1) is 17.1 Å². The van der Waals surface area contributed by atoms with E-state index >= 15 is 0 Å². The van der Waals surface area contributed by atoms with Gasteiger partial charge in [-0.15, -0.1) is 0 Å². The van der Waals surface area contributed by atoms with Gasteiger partial charge in [-0.05, 0) is 45.6 Å². The Kier molecular flexibility index (Phi) is 3.90. The number of hydrogen-bond acceptors (Lipinski definition) is 3. The molecule has 1 amide bonds. The number of amides is 1. The van der Waals surface area contributed by atoms with Gasteiger partial charge in [-0.3, -0.25) is 4.79 Å². The molecule has 1 aromatic heterocycles. The van der Waals surface area contributed by atoms with Crippen LogP contribution in [0.4, 0.5) is 0 Å². The number of benzene rings is 2. The number of carbonyl (C=O) groups excluding carboxylic acids is 1. The van der Waals surface area contributed by atoms with Crippen molar-refractivity contribution in [1.29, 1.82) is 0 Å². The largest absolute Gasteiger partial charge is 0.450 e. The number of para-hydroxylation sites is 1. The van der Waals surface area contributed by atoms with Gasteiger partial charge in [-0.25, -0.2) is 0 Å². The molecule has 0 saturated carbocycles. The van der Waals surface area contributed by atoms with Gasteiger partial charge < -0.3 is 14.8 Å². The average Bonchev–Trinajstić information content (AvgIpc) is 3.18. The lowest BCUT2D eigenvalue weighted by atomic mass is 10.0. The highest BCUT2D eigenvalue weighted by molar-refractivity contribution is 9.10. The molecule has 0 aliphatic heterocycles. The van der Waals surface area contributed by atoms with Crippen molar-refractivity contribution in [2.45, 2.75) is 18.4 Å². The highest BCUT2D eigenvalue weighted by atomic mass is 79.9. The summed E-state index contributed by atoms with van der Waals surface area (Å²) in [6.45, 7) is 0.0843. The molecule has 1 aliphatic carbocycles. The molecule has 0 saturated heterocycles. The summed E-state index contributed by atoms with van der Waals surface area (Å²) in [5, 5.41) is 13.5. The number of furan rings is 1. The molecule has 0 bridgehead atoms. The highest BCUT2D eigenvalue weighted by Gasteiger charge is 2.31. The first-order chi connectivity index (χ1) is 11.7. The quantitative estimate of drug-likeness (QED) is 0.711. The lowest BCUT2D eigenvalue weighted by Gasteiger charge is -2.13. The summed E-state index contributed by atoms with van der Waals surface area (Å²) >= 11 is 3.43. The molecule has 4 rings (SSSR count). The Labute approximate surface area is 147 Å². The van der Waals surface area contributed by atoms with Gasteiger partial charge in [0.15, 0.2) is 5.76 Å². The van der Waals surface area contributed by atoms with E-state index in [-0.39, 0.29) is 24.5 Å². The zero-order valence-electron chi connectivity index (χ0n) is 12.8. The fourth-order valence-electron chi connectivity index (χ4n) is 3.42. The minimum absolute atomic E-state index is 0.0660. The summed E-state index contributed by atoms with van der Waals surface area (Å²) in [4.78, 5) is 12.6. The molecule has 0 radical (unpaired) electrons. The number of hydrogen-bond donors (Lipinski definition) is 2. The molecular weight excluding hydrogens is 370 g/mol. The SMILES string of the molecule is O=C(NC1CC(CO)c2ccccc21)c1cc2cccc(Br)c2o1. The van der Waals surface area contributed by atoms with E-state index < -0.39 is 0 Å². The van der Waals surface area contributed by atoms with Crippen molar-refractivity contribution in [3.63, 3.8) is 0 Å². The lowest BCUT2D eigenvalue weighted by Crippen LogP contribution is -2.27. The molecule has 2 atom stereocenters. The van der Waals surface area contributed by atoms with E-state index in [2.05, 4.69) is 21.2 Å². The Morgan fingerprint density at radius 3 is 2.75 bits per heavy atom. The Bertz CT molecular complexity index is 918. The van der Waals surface area contributed by atoms with Crippen LogP contribution in [0.2, 0.25) is 0 Å². The van der Waals surface area contributed by atoms with Crippen molar-refractivity contribution >= 4 is 32.8 Å². The van der Waals surface area contributed by atoms with E-state index in [4.69, 9.17) is 4.42 Å². The second kappa shape index (κ2) is 6.07. The Morgan fingerprint density at radius 1 is 1.21 bits per heavy atom. The van der Waals surface area contributed by atoms with Crippen LogP contribution >= 0.6 is 15.9 Å². The topological polar surface area (TPSA) is 62.5 Å². The minimum atomic E-state index is -0.239. The second-order valence-electron chi connectivity index (χ2n) is 6.04. The van der Waals surface area contributed by atoms with Gasteiger partial charge in [0, 0.05) is 11.3 Å². The van der Waals surface area contributed by atoms with Crippen molar-refractivity contribution < 1.29 is 14.3 Å². The summed E-state index contributed by atoms with van der Waals surface area (Å²) in [6.07, 6.45) is 0.700. The van der Waals surface area contributed by atoms with Crippen molar-refractivity contribution in [3.05, 3.63) is 69.9 Å². The van der Waals surface area contributed by atoms with Crippen LogP contribution < -0.4 is 5.32 Å². The molecule has 0 fully saturated rings. The Hall–Kier alpha value is -2.11. The zero-order chi connectivity index (χ0) is 16.7. The lowest BCUT2D eigenvalue weighted by molar-refractivity contribution is 0.0908. The summed E-state index contributed by atoms with van der Waals surface area (Å²) < 4.78 is 6.53. The van der Waals surface area contributed by atoms with Gasteiger partial charge in [0.2, 0.25) is 0 Å². The predicted octanol–water partition coefficient (Wildman–Crippen LogP) is 4.15. The number of halogens is 1. The number of aliphatic hydroxyl groups excluding tert-OH is 1. The Balaban J connectivity index is 1.61. The van der Waals surface area contributed by atoms with E-state index in [1.165, 1.54) is 0 Å². The number of carbonyl (C=O) groups is 1. The first-order valence-corrected chi connectivity index (χ1v) is 8.65. The molecule has 24 heavy (non-hydrogen) atoms.